The van der Waals surface area contributed by atoms with Crippen LogP contribution in [-0.4, -0.2) is 11.1 Å². The highest BCUT2D eigenvalue weighted by Gasteiger charge is 2.06. The van der Waals surface area contributed by atoms with Crippen molar-refractivity contribution in [3.8, 4) is 6.07 Å². The predicted octanol–water partition coefficient (Wildman–Crippen LogP) is 4.22. The van der Waals surface area contributed by atoms with Crippen molar-refractivity contribution in [2.45, 2.75) is 10.3 Å². The van der Waals surface area contributed by atoms with Crippen LogP contribution in [0.3, 0.4) is 0 Å². The number of nitriles is 1. The molecule has 0 spiro atoms. The standard InChI is InChI=1S/C9H6Cl3NS/c10-6-1-2-8(12)9(3-6)14-5-7(11)4-13/h1-3,7H,5H2. The molecule has 1 atom stereocenters. The lowest BCUT2D eigenvalue weighted by molar-refractivity contribution is 1.24. The summed E-state index contributed by atoms with van der Waals surface area (Å²) in [6.45, 7) is 0. The fraction of sp³-hybridized carbons (Fsp3) is 0.222. The second-order valence-electron chi connectivity index (χ2n) is 2.48. The number of rotatable bonds is 3. The van der Waals surface area contributed by atoms with E-state index in [0.717, 1.165) is 4.90 Å². The Labute approximate surface area is 102 Å². The molecule has 0 bridgehead atoms. The summed E-state index contributed by atoms with van der Waals surface area (Å²) >= 11 is 18.8. The van der Waals surface area contributed by atoms with Crippen molar-refractivity contribution in [3.05, 3.63) is 28.2 Å². The van der Waals surface area contributed by atoms with Crippen LogP contribution < -0.4 is 0 Å². The molecule has 0 aliphatic heterocycles. The van der Waals surface area contributed by atoms with E-state index in [-0.39, 0.29) is 0 Å². The zero-order chi connectivity index (χ0) is 10.6. The van der Waals surface area contributed by atoms with E-state index in [4.69, 9.17) is 40.1 Å². The minimum absolute atomic E-state index is 0.498. The second-order valence-corrected chi connectivity index (χ2v) is 4.91. The molecule has 74 valence electrons. The molecule has 0 aliphatic carbocycles. The molecular formula is C9H6Cl3NS. The molecule has 0 amide bonds. The van der Waals surface area contributed by atoms with Crippen LogP contribution in [0.5, 0.6) is 0 Å². The van der Waals surface area contributed by atoms with Crippen molar-refractivity contribution in [2.75, 3.05) is 5.75 Å². The molecule has 0 radical (unpaired) electrons. The van der Waals surface area contributed by atoms with Gasteiger partial charge in [0.15, 0.2) is 0 Å². The Kier molecular flexibility index (Phi) is 4.91. The average Bonchev–Trinajstić information content (AvgIpc) is 2.19. The Morgan fingerprint density at radius 1 is 1.43 bits per heavy atom. The molecule has 5 heteroatoms. The first-order chi connectivity index (χ1) is 6.63. The number of benzene rings is 1. The van der Waals surface area contributed by atoms with Gasteiger partial charge in [-0.15, -0.1) is 23.4 Å². The molecule has 0 N–H and O–H groups in total. The lowest BCUT2D eigenvalue weighted by Gasteiger charge is -2.04. The van der Waals surface area contributed by atoms with Crippen molar-refractivity contribution in [1.82, 2.24) is 0 Å². The summed E-state index contributed by atoms with van der Waals surface area (Å²) in [6, 6.07) is 7.14. The molecule has 1 nitrogen and oxygen atoms in total. The van der Waals surface area contributed by atoms with Gasteiger partial charge in [0.05, 0.1) is 11.1 Å². The van der Waals surface area contributed by atoms with Gasteiger partial charge in [-0.2, -0.15) is 5.26 Å². The summed E-state index contributed by atoms with van der Waals surface area (Å²) < 4.78 is 0. The van der Waals surface area contributed by atoms with Crippen LogP contribution in [0.2, 0.25) is 10.0 Å². The topological polar surface area (TPSA) is 23.8 Å². The van der Waals surface area contributed by atoms with Gasteiger partial charge in [0.25, 0.3) is 0 Å². The van der Waals surface area contributed by atoms with Crippen molar-refractivity contribution < 1.29 is 0 Å². The summed E-state index contributed by atoms with van der Waals surface area (Å²) in [5, 5.41) is 9.23. The number of halogens is 3. The normalized spacial score (nSPS) is 12.1. The first-order valence-electron chi connectivity index (χ1n) is 3.75. The fourth-order valence-electron chi connectivity index (χ4n) is 0.788. The molecule has 0 heterocycles. The molecule has 0 saturated carbocycles. The molecule has 0 aliphatic rings. The average molecular weight is 267 g/mol. The second kappa shape index (κ2) is 5.72. The van der Waals surface area contributed by atoms with Crippen LogP contribution in [0.25, 0.3) is 0 Å². The van der Waals surface area contributed by atoms with E-state index in [0.29, 0.717) is 15.8 Å². The van der Waals surface area contributed by atoms with Crippen molar-refractivity contribution >= 4 is 46.6 Å². The van der Waals surface area contributed by atoms with Gasteiger partial charge in [-0.05, 0) is 18.2 Å². The minimum atomic E-state index is -0.505. The van der Waals surface area contributed by atoms with Crippen molar-refractivity contribution in [1.29, 1.82) is 5.26 Å². The number of thioether (sulfide) groups is 1. The van der Waals surface area contributed by atoms with Gasteiger partial charge in [0.1, 0.15) is 5.38 Å². The number of nitrogens with zero attached hydrogens (tertiary/aromatic N) is 1. The Bertz CT molecular complexity index is 362. The lowest BCUT2D eigenvalue weighted by atomic mass is 10.4. The summed E-state index contributed by atoms with van der Waals surface area (Å²) in [4.78, 5) is 0.847. The number of alkyl halides is 1. The summed E-state index contributed by atoms with van der Waals surface area (Å²) in [5.41, 5.74) is 0. The molecule has 14 heavy (non-hydrogen) atoms. The van der Waals surface area contributed by atoms with Gasteiger partial charge in [0.2, 0.25) is 0 Å². The van der Waals surface area contributed by atoms with E-state index in [1.165, 1.54) is 11.8 Å². The molecule has 0 aromatic heterocycles. The maximum atomic E-state index is 8.48. The molecule has 0 fully saturated rings. The highest BCUT2D eigenvalue weighted by molar-refractivity contribution is 7.99. The minimum Gasteiger partial charge on any atom is -0.197 e. The first kappa shape index (κ1) is 12.0. The van der Waals surface area contributed by atoms with Crippen LogP contribution in [0.4, 0.5) is 0 Å². The van der Waals surface area contributed by atoms with Gasteiger partial charge in [-0.25, -0.2) is 0 Å². The van der Waals surface area contributed by atoms with Gasteiger partial charge in [-0.3, -0.25) is 0 Å². The summed E-state index contributed by atoms with van der Waals surface area (Å²) in [5.74, 6) is 0.498. The van der Waals surface area contributed by atoms with Crippen molar-refractivity contribution in [2.24, 2.45) is 0 Å². The largest absolute Gasteiger partial charge is 0.197 e. The Morgan fingerprint density at radius 3 is 2.79 bits per heavy atom. The number of hydrogen-bond acceptors (Lipinski definition) is 2. The van der Waals surface area contributed by atoms with Gasteiger partial charge in [-0.1, -0.05) is 23.2 Å². The molecular weight excluding hydrogens is 261 g/mol. The van der Waals surface area contributed by atoms with E-state index in [2.05, 4.69) is 0 Å². The third-order valence-electron chi connectivity index (χ3n) is 1.42. The van der Waals surface area contributed by atoms with E-state index >= 15 is 0 Å². The zero-order valence-electron chi connectivity index (χ0n) is 7.01. The van der Waals surface area contributed by atoms with Crippen LogP contribution in [0.1, 0.15) is 0 Å². The van der Waals surface area contributed by atoms with Crippen molar-refractivity contribution in [3.63, 3.8) is 0 Å². The van der Waals surface area contributed by atoms with E-state index in [1.807, 2.05) is 6.07 Å². The van der Waals surface area contributed by atoms with Gasteiger partial charge < -0.3 is 0 Å². The van der Waals surface area contributed by atoms with Crippen LogP contribution >= 0.6 is 46.6 Å². The quantitative estimate of drug-likeness (QED) is 0.604. The Balaban J connectivity index is 2.67. The first-order valence-corrected chi connectivity index (χ1v) is 5.93. The fourth-order valence-corrected chi connectivity index (χ4v) is 2.31. The maximum absolute atomic E-state index is 8.48. The molecule has 1 aromatic carbocycles. The molecule has 0 saturated heterocycles. The lowest BCUT2D eigenvalue weighted by Crippen LogP contribution is -1.96. The van der Waals surface area contributed by atoms with Gasteiger partial charge in [0, 0.05) is 15.7 Å². The summed E-state index contributed by atoms with van der Waals surface area (Å²) in [6.07, 6.45) is 0. The Hall–Kier alpha value is -0.0700. The third kappa shape index (κ3) is 3.59. The van der Waals surface area contributed by atoms with Crippen LogP contribution in [0.15, 0.2) is 23.1 Å². The molecule has 1 unspecified atom stereocenters. The van der Waals surface area contributed by atoms with E-state index in [1.54, 1.807) is 18.2 Å². The number of hydrogen-bond donors (Lipinski definition) is 0. The van der Waals surface area contributed by atoms with Gasteiger partial charge >= 0.3 is 0 Å². The third-order valence-corrected chi connectivity index (χ3v) is 3.68. The predicted molar refractivity (Wildman–Crippen MR) is 62.4 cm³/mol. The molecule has 1 rings (SSSR count). The maximum Gasteiger partial charge on any atom is 0.129 e. The van der Waals surface area contributed by atoms with E-state index in [9.17, 15) is 0 Å². The SMILES string of the molecule is N#CC(Cl)CSc1cc(Cl)ccc1Cl. The Morgan fingerprint density at radius 2 is 2.14 bits per heavy atom. The zero-order valence-corrected chi connectivity index (χ0v) is 10.1. The highest BCUT2D eigenvalue weighted by Crippen LogP contribution is 2.30. The monoisotopic (exact) mass is 265 g/mol. The van der Waals surface area contributed by atoms with E-state index < -0.39 is 5.38 Å². The molecule has 1 aromatic rings. The smallest absolute Gasteiger partial charge is 0.129 e. The summed E-state index contributed by atoms with van der Waals surface area (Å²) in [7, 11) is 0. The highest BCUT2D eigenvalue weighted by atomic mass is 35.5. The van der Waals surface area contributed by atoms with Crippen LogP contribution in [-0.2, 0) is 0 Å². The van der Waals surface area contributed by atoms with Crippen LogP contribution in [0, 0.1) is 11.3 Å².